The molecule has 202 valence electrons. The highest BCUT2D eigenvalue weighted by molar-refractivity contribution is 5.83. The van der Waals surface area contributed by atoms with Crippen LogP contribution in [0.1, 0.15) is 53.1 Å². The third-order valence-electron chi connectivity index (χ3n) is 7.68. The molecule has 3 atom stereocenters. The Morgan fingerprint density at radius 2 is 1.82 bits per heavy atom. The molecule has 0 radical (unpaired) electrons. The molecule has 4 aromatic rings. The lowest BCUT2D eigenvalue weighted by atomic mass is 9.76. The van der Waals surface area contributed by atoms with E-state index in [1.54, 1.807) is 6.07 Å². The highest BCUT2D eigenvalue weighted by atomic mass is 19.1. The van der Waals surface area contributed by atoms with Crippen molar-refractivity contribution in [3.05, 3.63) is 131 Å². The molecule has 0 aromatic heterocycles. The van der Waals surface area contributed by atoms with Crippen LogP contribution < -0.4 is 14.8 Å². The minimum Gasteiger partial charge on any atom is -0.490 e. The van der Waals surface area contributed by atoms with Crippen LogP contribution in [0.3, 0.4) is 0 Å². The van der Waals surface area contributed by atoms with Gasteiger partial charge in [0, 0.05) is 17.8 Å². The first-order valence-electron chi connectivity index (χ1n) is 13.9. The van der Waals surface area contributed by atoms with E-state index in [-0.39, 0.29) is 18.5 Å². The first-order chi connectivity index (χ1) is 19.6. The molecule has 1 aliphatic carbocycles. The number of nitrogens with zero attached hydrogens (tertiary/aromatic N) is 1. The monoisotopic (exact) mass is 532 g/mol. The number of halogens is 1. The van der Waals surface area contributed by atoms with Gasteiger partial charge in [-0.25, -0.2) is 4.39 Å². The van der Waals surface area contributed by atoms with Crippen LogP contribution in [0.25, 0.3) is 0 Å². The largest absolute Gasteiger partial charge is 0.490 e. The van der Waals surface area contributed by atoms with Gasteiger partial charge in [0.15, 0.2) is 11.5 Å². The minimum absolute atomic E-state index is 0.260. The Balaban J connectivity index is 1.15. The second kappa shape index (κ2) is 11.4. The molecule has 0 amide bonds. The van der Waals surface area contributed by atoms with E-state index in [1.165, 1.54) is 34.5 Å². The Morgan fingerprint density at radius 3 is 2.65 bits per heavy atom. The number of fused-ring (bicyclic) bond motifs is 3. The van der Waals surface area contributed by atoms with Crippen molar-refractivity contribution in [3.8, 4) is 11.5 Å². The molecule has 1 aliphatic heterocycles. The normalized spacial score (nSPS) is 19.2. The molecule has 0 spiro atoms. The van der Waals surface area contributed by atoms with Crippen LogP contribution in [0.2, 0.25) is 0 Å². The zero-order valence-corrected chi connectivity index (χ0v) is 22.8. The SMILES string of the molecule is CCOc1cc(C=Nc2ccc([C@@H]3Nc4ccc(C)cc4[C@H]4C=CC[C@H]43)cc2)ccc1OCc1cccc(F)c1. The quantitative estimate of drug-likeness (QED) is 0.182. The molecular formula is C35H33FN2O2. The van der Waals surface area contributed by atoms with Crippen molar-refractivity contribution in [2.45, 2.75) is 38.8 Å². The highest BCUT2D eigenvalue weighted by Crippen LogP contribution is 2.50. The van der Waals surface area contributed by atoms with E-state index in [9.17, 15) is 4.39 Å². The summed E-state index contributed by atoms with van der Waals surface area (Å²) in [7, 11) is 0. The number of ether oxygens (including phenoxy) is 2. The van der Waals surface area contributed by atoms with Crippen LogP contribution in [-0.2, 0) is 6.61 Å². The van der Waals surface area contributed by atoms with Gasteiger partial charge in [-0.1, -0.05) is 54.1 Å². The molecule has 1 heterocycles. The fourth-order valence-corrected chi connectivity index (χ4v) is 5.74. The molecule has 0 fully saturated rings. The first-order valence-corrected chi connectivity index (χ1v) is 13.9. The molecule has 1 N–H and O–H groups in total. The van der Waals surface area contributed by atoms with Crippen molar-refractivity contribution in [2.75, 3.05) is 11.9 Å². The predicted octanol–water partition coefficient (Wildman–Crippen LogP) is 8.69. The van der Waals surface area contributed by atoms with E-state index in [0.29, 0.717) is 29.9 Å². The second-order valence-corrected chi connectivity index (χ2v) is 10.5. The van der Waals surface area contributed by atoms with Crippen LogP contribution in [0, 0.1) is 18.7 Å². The number of benzene rings is 4. The molecule has 5 heteroatoms. The lowest BCUT2D eigenvalue weighted by Gasteiger charge is -2.37. The van der Waals surface area contributed by atoms with Gasteiger partial charge in [0.25, 0.3) is 0 Å². The zero-order chi connectivity index (χ0) is 27.5. The summed E-state index contributed by atoms with van der Waals surface area (Å²) in [6, 6.07) is 27.7. The van der Waals surface area contributed by atoms with Crippen LogP contribution in [0.4, 0.5) is 15.8 Å². The standard InChI is InChI=1S/C35H33FN2O2/c1-3-39-34-20-24(11-17-33(34)40-22-25-6-4-7-27(36)19-25)21-37-28-14-12-26(13-15-28)35-30-9-5-8-29(30)31-18-23(2)10-16-32(31)38-35/h4-8,10-21,29-30,35,38H,3,9,22H2,1-2H3/t29-,30+,35-/m0/s1. The molecule has 6 rings (SSSR count). The Bertz CT molecular complexity index is 1560. The van der Waals surface area contributed by atoms with Gasteiger partial charge in [-0.2, -0.15) is 0 Å². The van der Waals surface area contributed by atoms with Gasteiger partial charge < -0.3 is 14.8 Å². The van der Waals surface area contributed by atoms with Gasteiger partial charge in [-0.15, -0.1) is 0 Å². The van der Waals surface area contributed by atoms with Gasteiger partial charge in [-0.05, 0) is 97.0 Å². The lowest BCUT2D eigenvalue weighted by Crippen LogP contribution is -2.29. The van der Waals surface area contributed by atoms with Gasteiger partial charge in [-0.3, -0.25) is 4.99 Å². The molecule has 0 unspecified atom stereocenters. The van der Waals surface area contributed by atoms with E-state index >= 15 is 0 Å². The van der Waals surface area contributed by atoms with Crippen LogP contribution in [-0.4, -0.2) is 12.8 Å². The molecule has 0 saturated heterocycles. The van der Waals surface area contributed by atoms with Gasteiger partial charge in [0.1, 0.15) is 12.4 Å². The fourth-order valence-electron chi connectivity index (χ4n) is 5.74. The summed E-state index contributed by atoms with van der Waals surface area (Å²) in [4.78, 5) is 4.71. The van der Waals surface area contributed by atoms with Crippen molar-refractivity contribution in [2.24, 2.45) is 10.9 Å². The summed E-state index contributed by atoms with van der Waals surface area (Å²) in [5.41, 5.74) is 7.79. The van der Waals surface area contributed by atoms with Crippen molar-refractivity contribution >= 4 is 17.6 Å². The van der Waals surface area contributed by atoms with Crippen molar-refractivity contribution in [1.29, 1.82) is 0 Å². The maximum absolute atomic E-state index is 13.5. The fraction of sp³-hybridized carbons (Fsp3) is 0.229. The molecule has 40 heavy (non-hydrogen) atoms. The third-order valence-corrected chi connectivity index (χ3v) is 7.68. The van der Waals surface area contributed by atoms with Gasteiger partial charge in [0.2, 0.25) is 0 Å². The van der Waals surface area contributed by atoms with E-state index in [4.69, 9.17) is 14.5 Å². The summed E-state index contributed by atoms with van der Waals surface area (Å²) >= 11 is 0. The average Bonchev–Trinajstić information content (AvgIpc) is 3.46. The van der Waals surface area contributed by atoms with Crippen molar-refractivity contribution in [1.82, 2.24) is 0 Å². The summed E-state index contributed by atoms with van der Waals surface area (Å²) in [5.74, 6) is 1.95. The van der Waals surface area contributed by atoms with Crippen LogP contribution in [0.5, 0.6) is 11.5 Å². The molecule has 0 bridgehead atoms. The van der Waals surface area contributed by atoms with Crippen molar-refractivity contribution < 1.29 is 13.9 Å². The topological polar surface area (TPSA) is 42.8 Å². The van der Waals surface area contributed by atoms with Gasteiger partial charge >= 0.3 is 0 Å². The predicted molar refractivity (Wildman–Crippen MR) is 160 cm³/mol. The molecular weight excluding hydrogens is 499 g/mol. The average molecular weight is 533 g/mol. The number of hydrogen-bond donors (Lipinski definition) is 1. The maximum Gasteiger partial charge on any atom is 0.161 e. The Labute approximate surface area is 235 Å². The van der Waals surface area contributed by atoms with Crippen LogP contribution >= 0.6 is 0 Å². The summed E-state index contributed by atoms with van der Waals surface area (Å²) < 4.78 is 25.3. The Morgan fingerprint density at radius 1 is 0.950 bits per heavy atom. The van der Waals surface area contributed by atoms with E-state index in [1.807, 2.05) is 37.4 Å². The number of rotatable bonds is 8. The molecule has 4 nitrogen and oxygen atoms in total. The summed E-state index contributed by atoms with van der Waals surface area (Å²) in [6.07, 6.45) is 7.63. The number of aryl methyl sites for hydroxylation is 1. The smallest absolute Gasteiger partial charge is 0.161 e. The van der Waals surface area contributed by atoms with Gasteiger partial charge in [0.05, 0.1) is 18.3 Å². The summed E-state index contributed by atoms with van der Waals surface area (Å²) in [5, 5.41) is 3.81. The zero-order valence-electron chi connectivity index (χ0n) is 22.8. The number of hydrogen-bond acceptors (Lipinski definition) is 4. The van der Waals surface area contributed by atoms with Crippen molar-refractivity contribution in [3.63, 3.8) is 0 Å². The Kier molecular flexibility index (Phi) is 7.37. The van der Waals surface area contributed by atoms with E-state index < -0.39 is 0 Å². The highest BCUT2D eigenvalue weighted by Gasteiger charge is 2.37. The first kappa shape index (κ1) is 25.9. The maximum atomic E-state index is 13.5. The number of anilines is 1. The van der Waals surface area contributed by atoms with E-state index in [0.717, 1.165) is 23.2 Å². The number of nitrogens with one attached hydrogen (secondary N) is 1. The number of allylic oxidation sites excluding steroid dienone is 2. The molecule has 4 aromatic carbocycles. The lowest BCUT2D eigenvalue weighted by molar-refractivity contribution is 0.269. The molecule has 0 saturated carbocycles. The minimum atomic E-state index is -0.277. The van der Waals surface area contributed by atoms with E-state index in [2.05, 4.69) is 66.9 Å². The summed E-state index contributed by atoms with van der Waals surface area (Å²) in [6.45, 7) is 4.86. The second-order valence-electron chi connectivity index (χ2n) is 10.5. The number of aliphatic imine (C=N–C) groups is 1. The molecule has 2 aliphatic rings. The van der Waals surface area contributed by atoms with Crippen LogP contribution in [0.15, 0.2) is 102 Å². The Hall–Kier alpha value is -4.38. The third kappa shape index (κ3) is 5.50.